The molecule has 1 aromatic heterocycles. The van der Waals surface area contributed by atoms with Crippen LogP contribution in [0, 0.1) is 13.8 Å². The van der Waals surface area contributed by atoms with E-state index in [1.54, 1.807) is 49.3 Å². The summed E-state index contributed by atoms with van der Waals surface area (Å²) in [6, 6.07) is 16.5. The maximum absolute atomic E-state index is 14.1. The van der Waals surface area contributed by atoms with Crippen molar-refractivity contribution >= 4 is 87.0 Å². The normalized spacial score (nSPS) is 14.5. The van der Waals surface area contributed by atoms with Gasteiger partial charge in [0.1, 0.15) is 28.8 Å². The average molecular weight is 813 g/mol. The second kappa shape index (κ2) is 18.4. The molecule has 1 saturated heterocycles. The van der Waals surface area contributed by atoms with Crippen LogP contribution in [0.4, 0.5) is 0 Å². The molecule has 0 spiro atoms. The minimum Gasteiger partial charge on any atom is -0.487 e. The Hall–Kier alpha value is -3.65. The fraction of sp³-hybridized carbons (Fsp3) is 0.333. The standard InChI is InChI=1S/C36H40Cl2N6O5S.2ClH/c1-23-20-24(2)41-34-27(23)8-5-10-31(34)49-22-28-29(37)15-16-32(33(28)38)50(47,48)44-19-6-9-30(44)36(46)43(4)18-7-17-42(3)35(45)26-13-11-25(12-14-26)21-40-39;;/h5,8,10-16,20-21,30H,6-7,9,17-19,22,39H2,1-4H3;2*1H/t30-;;/m0../s1. The zero-order valence-electron chi connectivity index (χ0n) is 29.2. The van der Waals surface area contributed by atoms with Crippen LogP contribution < -0.4 is 10.6 Å². The van der Waals surface area contributed by atoms with E-state index in [0.29, 0.717) is 54.7 Å². The van der Waals surface area contributed by atoms with Gasteiger partial charge in [-0.3, -0.25) is 9.59 Å². The van der Waals surface area contributed by atoms with Crippen molar-refractivity contribution < 1.29 is 22.7 Å². The van der Waals surface area contributed by atoms with E-state index in [4.69, 9.17) is 33.8 Å². The quantitative estimate of drug-likeness (QED) is 0.0961. The molecule has 1 aliphatic heterocycles. The molecule has 52 heavy (non-hydrogen) atoms. The number of nitrogens with zero attached hydrogens (tertiary/aromatic N) is 5. The van der Waals surface area contributed by atoms with E-state index in [1.165, 1.54) is 27.6 Å². The number of sulfonamides is 1. The number of carbonyl (C=O) groups is 2. The number of halogens is 4. The van der Waals surface area contributed by atoms with E-state index in [-0.39, 0.29) is 64.7 Å². The van der Waals surface area contributed by atoms with Crippen LogP contribution in [-0.4, -0.2) is 85.3 Å². The summed E-state index contributed by atoms with van der Waals surface area (Å²) in [7, 11) is -0.854. The Bertz CT molecular complexity index is 2050. The molecular formula is C36H42Cl4N6O5S. The van der Waals surface area contributed by atoms with Gasteiger partial charge in [-0.1, -0.05) is 47.5 Å². The summed E-state index contributed by atoms with van der Waals surface area (Å²) in [5.41, 5.74) is 4.20. The van der Waals surface area contributed by atoms with Crippen LogP contribution in [0.15, 0.2) is 70.7 Å². The van der Waals surface area contributed by atoms with E-state index in [1.807, 2.05) is 32.0 Å². The molecule has 2 amide bonds. The SMILES string of the molecule is Cc1cc(C)c2cccc(OCc3c(Cl)ccc(S(=O)(=O)N4CCC[C@H]4C(=O)N(C)CCCN(C)C(=O)c4ccc(C=NN)cc4)c3Cl)c2n1.Cl.Cl. The highest BCUT2D eigenvalue weighted by Crippen LogP contribution is 2.37. The Morgan fingerprint density at radius 2 is 1.73 bits per heavy atom. The van der Waals surface area contributed by atoms with Crippen molar-refractivity contribution in [1.29, 1.82) is 0 Å². The molecular weight excluding hydrogens is 770 g/mol. The van der Waals surface area contributed by atoms with Crippen LogP contribution in [0.2, 0.25) is 10.0 Å². The summed E-state index contributed by atoms with van der Waals surface area (Å²) in [6.45, 7) is 4.72. The minimum atomic E-state index is -4.19. The van der Waals surface area contributed by atoms with E-state index < -0.39 is 16.1 Å². The number of likely N-dealkylation sites (N-methyl/N-ethyl adjacent to an activating group) is 1. The van der Waals surface area contributed by atoms with E-state index in [9.17, 15) is 18.0 Å². The number of carbonyl (C=O) groups excluding carboxylic acids is 2. The molecule has 5 rings (SSSR count). The van der Waals surface area contributed by atoms with Crippen molar-refractivity contribution in [2.75, 3.05) is 33.7 Å². The second-order valence-electron chi connectivity index (χ2n) is 12.4. The molecule has 0 saturated carbocycles. The number of ether oxygens (including phenoxy) is 1. The highest BCUT2D eigenvalue weighted by molar-refractivity contribution is 7.89. The fourth-order valence-corrected chi connectivity index (χ4v) is 8.67. The molecule has 1 fully saturated rings. The smallest absolute Gasteiger partial charge is 0.253 e. The lowest BCUT2D eigenvalue weighted by Crippen LogP contribution is -2.47. The molecule has 2 N–H and O–H groups in total. The zero-order chi connectivity index (χ0) is 36.2. The molecule has 3 aromatic carbocycles. The molecule has 11 nitrogen and oxygen atoms in total. The molecule has 16 heteroatoms. The molecule has 0 unspecified atom stereocenters. The van der Waals surface area contributed by atoms with Crippen LogP contribution in [0.25, 0.3) is 10.9 Å². The Morgan fingerprint density at radius 3 is 2.42 bits per heavy atom. The summed E-state index contributed by atoms with van der Waals surface area (Å²) < 4.78 is 35.5. The van der Waals surface area contributed by atoms with Crippen molar-refractivity contribution in [2.24, 2.45) is 10.9 Å². The van der Waals surface area contributed by atoms with Crippen LogP contribution in [0.3, 0.4) is 0 Å². The van der Waals surface area contributed by atoms with Gasteiger partial charge in [-0.05, 0) is 80.6 Å². The lowest BCUT2D eigenvalue weighted by Gasteiger charge is -2.28. The number of aryl methyl sites for hydroxylation is 2. The number of benzene rings is 3. The van der Waals surface area contributed by atoms with Crippen LogP contribution in [0.5, 0.6) is 5.75 Å². The number of para-hydroxylation sites is 1. The first-order chi connectivity index (χ1) is 23.8. The summed E-state index contributed by atoms with van der Waals surface area (Å²) in [4.78, 5) is 34.1. The Balaban J connectivity index is 0.00000364. The van der Waals surface area contributed by atoms with E-state index in [2.05, 4.69) is 10.1 Å². The van der Waals surface area contributed by atoms with Crippen LogP contribution in [-0.2, 0) is 21.4 Å². The Morgan fingerprint density at radius 1 is 1.04 bits per heavy atom. The number of hydrogen-bond donors (Lipinski definition) is 1. The lowest BCUT2D eigenvalue weighted by atomic mass is 10.1. The van der Waals surface area contributed by atoms with Crippen molar-refractivity contribution in [3.63, 3.8) is 0 Å². The Kier molecular flexibility index (Phi) is 15.1. The van der Waals surface area contributed by atoms with Gasteiger partial charge in [0, 0.05) is 61.0 Å². The van der Waals surface area contributed by atoms with Gasteiger partial charge in [0.05, 0.1) is 11.2 Å². The van der Waals surface area contributed by atoms with Gasteiger partial charge in [-0.15, -0.1) is 24.8 Å². The second-order valence-corrected chi connectivity index (χ2v) is 15.0. The van der Waals surface area contributed by atoms with Crippen LogP contribution in [0.1, 0.15) is 52.0 Å². The number of nitrogens with two attached hydrogens (primary N) is 1. The summed E-state index contributed by atoms with van der Waals surface area (Å²) in [5.74, 6) is 5.22. The molecule has 0 radical (unpaired) electrons. The maximum Gasteiger partial charge on any atom is 0.253 e. The first kappa shape index (κ1) is 42.8. The molecule has 0 aliphatic carbocycles. The molecule has 2 heterocycles. The van der Waals surface area contributed by atoms with Crippen LogP contribution >= 0.6 is 48.0 Å². The predicted octanol–water partition coefficient (Wildman–Crippen LogP) is 6.65. The predicted molar refractivity (Wildman–Crippen MR) is 211 cm³/mol. The molecule has 0 bridgehead atoms. The fourth-order valence-electron chi connectivity index (χ4n) is 6.16. The maximum atomic E-state index is 14.1. The summed E-state index contributed by atoms with van der Waals surface area (Å²) in [6.07, 6.45) is 2.88. The third kappa shape index (κ3) is 9.28. The minimum absolute atomic E-state index is 0. The highest BCUT2D eigenvalue weighted by Gasteiger charge is 2.41. The number of pyridine rings is 1. The largest absolute Gasteiger partial charge is 0.487 e. The zero-order valence-corrected chi connectivity index (χ0v) is 33.2. The van der Waals surface area contributed by atoms with E-state index in [0.717, 1.165) is 22.2 Å². The number of hydrazone groups is 1. The van der Waals surface area contributed by atoms with Crippen molar-refractivity contribution in [2.45, 2.75) is 50.7 Å². The number of amides is 2. The third-order valence-electron chi connectivity index (χ3n) is 8.83. The number of fused-ring (bicyclic) bond motifs is 1. The van der Waals surface area contributed by atoms with Gasteiger partial charge in [-0.25, -0.2) is 13.4 Å². The number of aromatic nitrogens is 1. The van der Waals surface area contributed by atoms with Gasteiger partial charge < -0.3 is 20.4 Å². The van der Waals surface area contributed by atoms with Crippen molar-refractivity contribution in [3.8, 4) is 5.75 Å². The van der Waals surface area contributed by atoms with Gasteiger partial charge in [-0.2, -0.15) is 9.41 Å². The number of hydrogen-bond acceptors (Lipinski definition) is 8. The molecule has 4 aromatic rings. The third-order valence-corrected chi connectivity index (χ3v) is 11.7. The highest BCUT2D eigenvalue weighted by atomic mass is 35.5. The van der Waals surface area contributed by atoms with Gasteiger partial charge in [0.2, 0.25) is 15.9 Å². The number of rotatable bonds is 12. The summed E-state index contributed by atoms with van der Waals surface area (Å²) >= 11 is 13.3. The van der Waals surface area contributed by atoms with Gasteiger partial charge in [0.25, 0.3) is 5.91 Å². The Labute approximate surface area is 327 Å². The lowest BCUT2D eigenvalue weighted by molar-refractivity contribution is -0.133. The summed E-state index contributed by atoms with van der Waals surface area (Å²) in [5, 5.41) is 4.62. The molecule has 1 aliphatic rings. The molecule has 280 valence electrons. The van der Waals surface area contributed by atoms with E-state index >= 15 is 0 Å². The van der Waals surface area contributed by atoms with Crippen molar-refractivity contribution in [3.05, 3.63) is 98.7 Å². The molecule has 1 atom stereocenters. The first-order valence-electron chi connectivity index (χ1n) is 16.2. The average Bonchev–Trinajstić information content (AvgIpc) is 3.59. The van der Waals surface area contributed by atoms with Gasteiger partial charge in [0.15, 0.2) is 0 Å². The van der Waals surface area contributed by atoms with Crippen molar-refractivity contribution in [1.82, 2.24) is 19.1 Å². The first-order valence-corrected chi connectivity index (χ1v) is 18.3. The monoisotopic (exact) mass is 810 g/mol. The topological polar surface area (TPSA) is 138 Å². The van der Waals surface area contributed by atoms with Gasteiger partial charge >= 0.3 is 0 Å².